The molecule has 1 amide bonds. The van der Waals surface area contributed by atoms with E-state index in [4.69, 9.17) is 4.74 Å². The molecule has 1 aromatic heterocycles. The summed E-state index contributed by atoms with van der Waals surface area (Å²) in [5.74, 6) is 0.962. The molecule has 0 saturated heterocycles. The van der Waals surface area contributed by atoms with Gasteiger partial charge in [0.15, 0.2) is 0 Å². The van der Waals surface area contributed by atoms with Crippen LogP contribution in [0.15, 0.2) is 0 Å². The first kappa shape index (κ1) is 13.6. The maximum absolute atomic E-state index is 12.0. The van der Waals surface area contributed by atoms with Gasteiger partial charge in [-0.15, -0.1) is 5.10 Å². The Labute approximate surface area is 101 Å². The van der Waals surface area contributed by atoms with Crippen LogP contribution in [0, 0.1) is 0 Å². The molecule has 6 nitrogen and oxygen atoms in total. The Hall–Kier alpha value is -1.43. The number of carbonyl (C=O) groups excluding carboxylic acids is 1. The first-order valence-electron chi connectivity index (χ1n) is 5.65. The van der Waals surface area contributed by atoms with Crippen LogP contribution in [0.5, 0.6) is 0 Å². The van der Waals surface area contributed by atoms with Crippen LogP contribution in [0.2, 0.25) is 0 Å². The molecule has 1 N–H and O–H groups in total. The number of hydrogen-bond donors (Lipinski definition) is 1. The van der Waals surface area contributed by atoms with E-state index in [1.54, 1.807) is 19.1 Å². The van der Waals surface area contributed by atoms with Crippen LogP contribution >= 0.6 is 0 Å². The fraction of sp³-hybridized carbons (Fsp3) is 0.727. The molecule has 0 saturated carbocycles. The van der Waals surface area contributed by atoms with Crippen LogP contribution in [0.4, 0.5) is 0 Å². The van der Waals surface area contributed by atoms with Crippen molar-refractivity contribution in [3.05, 3.63) is 11.6 Å². The van der Waals surface area contributed by atoms with E-state index in [0.717, 1.165) is 5.82 Å². The Bertz CT molecular complexity index is 375. The average Bonchev–Trinajstić information content (AvgIpc) is 2.76. The minimum Gasteiger partial charge on any atom is -0.383 e. The van der Waals surface area contributed by atoms with Crippen LogP contribution in [-0.4, -0.2) is 52.8 Å². The van der Waals surface area contributed by atoms with E-state index in [9.17, 15) is 4.79 Å². The second kappa shape index (κ2) is 5.77. The summed E-state index contributed by atoms with van der Waals surface area (Å²) in [4.78, 5) is 17.8. The van der Waals surface area contributed by atoms with Gasteiger partial charge in [-0.1, -0.05) is 13.8 Å². The molecule has 0 spiro atoms. The molecule has 0 radical (unpaired) electrons. The lowest BCUT2D eigenvalue weighted by Crippen LogP contribution is -2.38. The molecule has 1 atom stereocenters. The summed E-state index contributed by atoms with van der Waals surface area (Å²) in [5.41, 5.74) is 0. The second-order valence-electron chi connectivity index (χ2n) is 4.42. The summed E-state index contributed by atoms with van der Waals surface area (Å²) in [6.45, 7) is 6.39. The summed E-state index contributed by atoms with van der Waals surface area (Å²) in [6.07, 6.45) is 0. The smallest absolute Gasteiger partial charge is 0.293 e. The number of carbonyl (C=O) groups is 1. The molecule has 0 aromatic carbocycles. The Balaban J connectivity index is 2.74. The van der Waals surface area contributed by atoms with E-state index < -0.39 is 0 Å². The van der Waals surface area contributed by atoms with E-state index in [-0.39, 0.29) is 23.7 Å². The van der Waals surface area contributed by atoms with Crippen LogP contribution < -0.4 is 0 Å². The molecule has 1 unspecified atom stereocenters. The van der Waals surface area contributed by atoms with Gasteiger partial charge in [0.1, 0.15) is 5.82 Å². The molecule has 1 aromatic rings. The van der Waals surface area contributed by atoms with Crippen molar-refractivity contribution in [1.29, 1.82) is 0 Å². The molecule has 0 aliphatic carbocycles. The molecular formula is C11H20N4O2. The standard InChI is InChI=1S/C11H20N4O2/c1-7(2)9-12-10(14-13-9)11(16)15(4)8(3)6-17-5/h7-8H,6H2,1-5H3,(H,12,13,14). The second-order valence-corrected chi connectivity index (χ2v) is 4.42. The van der Waals surface area contributed by atoms with Gasteiger partial charge in [0.2, 0.25) is 5.82 Å². The van der Waals surface area contributed by atoms with Crippen molar-refractivity contribution in [2.24, 2.45) is 0 Å². The highest BCUT2D eigenvalue weighted by atomic mass is 16.5. The molecule has 0 bridgehead atoms. The number of aromatic amines is 1. The zero-order chi connectivity index (χ0) is 13.0. The van der Waals surface area contributed by atoms with Crippen molar-refractivity contribution in [3.8, 4) is 0 Å². The Morgan fingerprint density at radius 1 is 1.47 bits per heavy atom. The van der Waals surface area contributed by atoms with E-state index in [1.807, 2.05) is 20.8 Å². The summed E-state index contributed by atoms with van der Waals surface area (Å²) in [5, 5.41) is 6.70. The van der Waals surface area contributed by atoms with Crippen LogP contribution in [-0.2, 0) is 4.74 Å². The third-order valence-corrected chi connectivity index (χ3v) is 2.63. The number of nitrogens with zero attached hydrogens (tertiary/aromatic N) is 3. The Morgan fingerprint density at radius 2 is 2.12 bits per heavy atom. The molecule has 0 aliphatic rings. The Morgan fingerprint density at radius 3 is 2.59 bits per heavy atom. The predicted octanol–water partition coefficient (Wildman–Crippen LogP) is 1.03. The highest BCUT2D eigenvalue weighted by molar-refractivity contribution is 5.90. The number of hydrogen-bond acceptors (Lipinski definition) is 4. The fourth-order valence-corrected chi connectivity index (χ4v) is 1.34. The fourth-order valence-electron chi connectivity index (χ4n) is 1.34. The molecule has 1 heterocycles. The molecule has 1 rings (SSSR count). The lowest BCUT2D eigenvalue weighted by atomic mass is 10.2. The minimum absolute atomic E-state index is 0.00602. The van der Waals surface area contributed by atoms with Gasteiger partial charge in [0.05, 0.1) is 12.6 Å². The number of amides is 1. The van der Waals surface area contributed by atoms with Gasteiger partial charge in [0.25, 0.3) is 5.91 Å². The molecule has 17 heavy (non-hydrogen) atoms. The molecule has 0 aliphatic heterocycles. The third-order valence-electron chi connectivity index (χ3n) is 2.63. The number of methoxy groups -OCH3 is 1. The zero-order valence-corrected chi connectivity index (χ0v) is 11.0. The van der Waals surface area contributed by atoms with Gasteiger partial charge in [-0.05, 0) is 6.92 Å². The number of nitrogens with one attached hydrogen (secondary N) is 1. The van der Waals surface area contributed by atoms with E-state index in [1.165, 1.54) is 0 Å². The topological polar surface area (TPSA) is 71.1 Å². The normalized spacial score (nSPS) is 12.8. The predicted molar refractivity (Wildman–Crippen MR) is 63.9 cm³/mol. The van der Waals surface area contributed by atoms with Crippen molar-refractivity contribution < 1.29 is 9.53 Å². The number of likely N-dealkylation sites (N-methyl/N-ethyl adjacent to an activating group) is 1. The van der Waals surface area contributed by atoms with Crippen LogP contribution in [0.3, 0.4) is 0 Å². The first-order valence-corrected chi connectivity index (χ1v) is 5.65. The highest BCUT2D eigenvalue weighted by Gasteiger charge is 2.21. The molecule has 96 valence electrons. The quantitative estimate of drug-likeness (QED) is 0.834. The maximum Gasteiger partial charge on any atom is 0.293 e. The van der Waals surface area contributed by atoms with E-state index >= 15 is 0 Å². The van der Waals surface area contributed by atoms with Gasteiger partial charge in [-0.25, -0.2) is 4.98 Å². The summed E-state index contributed by atoms with van der Waals surface area (Å²) >= 11 is 0. The highest BCUT2D eigenvalue weighted by Crippen LogP contribution is 2.09. The molecule has 0 fully saturated rings. The summed E-state index contributed by atoms with van der Waals surface area (Å²) < 4.78 is 5.01. The average molecular weight is 240 g/mol. The number of rotatable bonds is 5. The zero-order valence-electron chi connectivity index (χ0n) is 11.0. The van der Waals surface area contributed by atoms with Gasteiger partial charge in [-0.2, -0.15) is 0 Å². The van der Waals surface area contributed by atoms with Gasteiger partial charge >= 0.3 is 0 Å². The van der Waals surface area contributed by atoms with Gasteiger partial charge in [0, 0.05) is 20.1 Å². The lowest BCUT2D eigenvalue weighted by molar-refractivity contribution is 0.0622. The van der Waals surface area contributed by atoms with Crippen molar-refractivity contribution >= 4 is 5.91 Å². The minimum atomic E-state index is -0.197. The van der Waals surface area contributed by atoms with Gasteiger partial charge in [-0.3, -0.25) is 9.89 Å². The summed E-state index contributed by atoms with van der Waals surface area (Å²) in [6, 6.07) is -0.00602. The van der Waals surface area contributed by atoms with Crippen molar-refractivity contribution in [1.82, 2.24) is 20.1 Å². The van der Waals surface area contributed by atoms with Crippen molar-refractivity contribution in [2.75, 3.05) is 20.8 Å². The monoisotopic (exact) mass is 240 g/mol. The largest absolute Gasteiger partial charge is 0.383 e. The van der Waals surface area contributed by atoms with Crippen LogP contribution in [0.25, 0.3) is 0 Å². The van der Waals surface area contributed by atoms with E-state index in [0.29, 0.717) is 6.61 Å². The first-order chi connectivity index (χ1) is 7.97. The molecule has 6 heteroatoms. The Kier molecular flexibility index (Phi) is 4.62. The SMILES string of the molecule is COCC(C)N(C)C(=O)c1n[nH]c(C(C)C)n1. The number of H-pyrrole nitrogens is 1. The van der Waals surface area contributed by atoms with Crippen molar-refractivity contribution in [2.45, 2.75) is 32.7 Å². The summed E-state index contributed by atoms with van der Waals surface area (Å²) in [7, 11) is 3.33. The lowest BCUT2D eigenvalue weighted by Gasteiger charge is -2.22. The van der Waals surface area contributed by atoms with Gasteiger partial charge < -0.3 is 9.64 Å². The molecular weight excluding hydrogens is 220 g/mol. The number of aromatic nitrogens is 3. The van der Waals surface area contributed by atoms with Crippen molar-refractivity contribution in [3.63, 3.8) is 0 Å². The number of ether oxygens (including phenoxy) is 1. The third kappa shape index (κ3) is 3.26. The maximum atomic E-state index is 12.0. The van der Waals surface area contributed by atoms with Crippen LogP contribution in [0.1, 0.15) is 43.1 Å². The van der Waals surface area contributed by atoms with E-state index in [2.05, 4.69) is 15.2 Å².